The van der Waals surface area contributed by atoms with Gasteiger partial charge in [0.1, 0.15) is 0 Å². The van der Waals surface area contributed by atoms with Crippen LogP contribution in [0.2, 0.25) is 0 Å². The normalized spacial score (nSPS) is 8.56. The predicted molar refractivity (Wildman–Crippen MR) is 56.8 cm³/mol. The van der Waals surface area contributed by atoms with Crippen molar-refractivity contribution >= 4 is 12.1 Å². The minimum atomic E-state index is -0.770. The van der Waals surface area contributed by atoms with Crippen LogP contribution in [0.4, 0.5) is 4.79 Å². The molecule has 16 heavy (non-hydrogen) atoms. The molecular weight excluding hydrogens is 212 g/mol. The van der Waals surface area contributed by atoms with E-state index in [4.69, 9.17) is 5.11 Å². The zero-order valence-electron chi connectivity index (χ0n) is 8.92. The number of hydrogen-bond donors (Lipinski definition) is 2. The third-order valence-electron chi connectivity index (χ3n) is 1.55. The third-order valence-corrected chi connectivity index (χ3v) is 1.55. The number of hydrogen-bond acceptors (Lipinski definition) is 4. The van der Waals surface area contributed by atoms with Gasteiger partial charge in [0.05, 0.1) is 7.11 Å². The quantitative estimate of drug-likeness (QED) is 0.793. The van der Waals surface area contributed by atoms with Crippen LogP contribution in [0.1, 0.15) is 12.0 Å². The Kier molecular flexibility index (Phi) is 7.14. The Morgan fingerprint density at radius 3 is 2.56 bits per heavy atom. The van der Waals surface area contributed by atoms with Crippen LogP contribution >= 0.6 is 0 Å². The van der Waals surface area contributed by atoms with Gasteiger partial charge >= 0.3 is 12.1 Å². The van der Waals surface area contributed by atoms with Gasteiger partial charge in [-0.05, 0) is 18.1 Å². The lowest BCUT2D eigenvalue weighted by Gasteiger charge is -1.94. The van der Waals surface area contributed by atoms with Crippen molar-refractivity contribution in [1.29, 1.82) is 0 Å². The van der Waals surface area contributed by atoms with E-state index in [-0.39, 0.29) is 6.42 Å². The molecular formula is C10H14N2O4. The summed E-state index contributed by atoms with van der Waals surface area (Å²) in [7, 11) is 1.22. The second-order valence-electron chi connectivity index (χ2n) is 2.78. The van der Waals surface area contributed by atoms with Gasteiger partial charge in [-0.25, -0.2) is 4.79 Å². The number of methoxy groups -OCH3 is 1. The molecule has 88 valence electrons. The van der Waals surface area contributed by atoms with Gasteiger partial charge in [-0.15, -0.1) is 0 Å². The maximum Gasteiger partial charge on any atom is 0.404 e. The van der Waals surface area contributed by atoms with Gasteiger partial charge in [-0.3, -0.25) is 9.78 Å². The van der Waals surface area contributed by atoms with E-state index in [1.165, 1.54) is 7.11 Å². The highest BCUT2D eigenvalue weighted by Crippen LogP contribution is 1.99. The molecule has 0 atom stereocenters. The minimum absolute atomic E-state index is 0.172. The summed E-state index contributed by atoms with van der Waals surface area (Å²) >= 11 is 0. The minimum Gasteiger partial charge on any atom is -0.481 e. The van der Waals surface area contributed by atoms with Gasteiger partial charge in [-0.2, -0.15) is 0 Å². The van der Waals surface area contributed by atoms with Crippen molar-refractivity contribution in [3.8, 4) is 0 Å². The molecule has 6 heteroatoms. The van der Waals surface area contributed by atoms with Crippen LogP contribution in [0.5, 0.6) is 0 Å². The highest BCUT2D eigenvalue weighted by Gasteiger charge is 1.97. The van der Waals surface area contributed by atoms with Crippen molar-refractivity contribution in [2.45, 2.75) is 12.8 Å². The lowest BCUT2D eigenvalue weighted by atomic mass is 10.2. The summed E-state index contributed by atoms with van der Waals surface area (Å²) in [4.78, 5) is 23.4. The summed E-state index contributed by atoms with van der Waals surface area (Å²) in [5.41, 5.74) is 5.40. The van der Waals surface area contributed by atoms with Crippen LogP contribution in [-0.4, -0.2) is 29.3 Å². The van der Waals surface area contributed by atoms with Gasteiger partial charge in [0, 0.05) is 18.8 Å². The van der Waals surface area contributed by atoms with Gasteiger partial charge in [0.2, 0.25) is 0 Å². The SMILES string of the molecule is COC(N)=O.O=C(O)CCc1cccnc1. The molecule has 1 amide bonds. The standard InChI is InChI=1S/C8H9NO2.C2H5NO2/c10-8(11)4-3-7-2-1-5-9-6-7;1-5-2(3)4/h1-2,5-6H,3-4H2,(H,10,11);1H3,(H2,3,4). The van der Waals surface area contributed by atoms with E-state index in [1.807, 2.05) is 6.07 Å². The Hall–Kier alpha value is -2.11. The maximum absolute atomic E-state index is 10.2. The summed E-state index contributed by atoms with van der Waals surface area (Å²) < 4.78 is 3.89. The average Bonchev–Trinajstić information content (AvgIpc) is 2.28. The number of amides is 1. The van der Waals surface area contributed by atoms with E-state index >= 15 is 0 Å². The molecule has 6 nitrogen and oxygen atoms in total. The predicted octanol–water partition coefficient (Wildman–Crippen LogP) is 0.810. The van der Waals surface area contributed by atoms with Crippen LogP contribution in [0.25, 0.3) is 0 Å². The zero-order chi connectivity index (χ0) is 12.4. The summed E-state index contributed by atoms with van der Waals surface area (Å²) in [6.45, 7) is 0. The number of primary amides is 1. The Morgan fingerprint density at radius 2 is 2.19 bits per heavy atom. The van der Waals surface area contributed by atoms with Crippen LogP contribution in [-0.2, 0) is 16.0 Å². The maximum atomic E-state index is 10.2. The highest BCUT2D eigenvalue weighted by atomic mass is 16.5. The van der Waals surface area contributed by atoms with Crippen molar-refractivity contribution in [3.05, 3.63) is 30.1 Å². The smallest absolute Gasteiger partial charge is 0.404 e. The molecule has 0 aliphatic rings. The number of carbonyl (C=O) groups excluding carboxylic acids is 1. The van der Waals surface area contributed by atoms with E-state index in [1.54, 1.807) is 18.5 Å². The number of carboxylic acids is 1. The molecule has 0 bridgehead atoms. The largest absolute Gasteiger partial charge is 0.481 e. The van der Waals surface area contributed by atoms with Crippen molar-refractivity contribution in [2.24, 2.45) is 5.73 Å². The van der Waals surface area contributed by atoms with Gasteiger partial charge < -0.3 is 15.6 Å². The number of rotatable bonds is 3. The fourth-order valence-corrected chi connectivity index (χ4v) is 0.797. The molecule has 0 aromatic carbocycles. The fraction of sp³-hybridized carbons (Fsp3) is 0.300. The monoisotopic (exact) mass is 226 g/mol. The van der Waals surface area contributed by atoms with E-state index in [0.29, 0.717) is 6.42 Å². The van der Waals surface area contributed by atoms with Crippen molar-refractivity contribution < 1.29 is 19.4 Å². The second kappa shape index (κ2) is 8.22. The number of pyridine rings is 1. The Morgan fingerprint density at radius 1 is 1.56 bits per heavy atom. The molecule has 3 N–H and O–H groups in total. The Balaban J connectivity index is 0.000000385. The van der Waals surface area contributed by atoms with Crippen molar-refractivity contribution in [3.63, 3.8) is 0 Å². The number of aromatic nitrogens is 1. The van der Waals surface area contributed by atoms with E-state index in [0.717, 1.165) is 5.56 Å². The van der Waals surface area contributed by atoms with Crippen molar-refractivity contribution in [1.82, 2.24) is 4.98 Å². The van der Waals surface area contributed by atoms with Gasteiger partial charge in [-0.1, -0.05) is 6.07 Å². The Bertz CT molecular complexity index is 327. The van der Waals surface area contributed by atoms with Crippen LogP contribution < -0.4 is 5.73 Å². The first-order valence-corrected chi connectivity index (χ1v) is 4.50. The lowest BCUT2D eigenvalue weighted by molar-refractivity contribution is -0.136. The van der Waals surface area contributed by atoms with Gasteiger partial charge in [0.15, 0.2) is 0 Å². The van der Waals surface area contributed by atoms with E-state index in [9.17, 15) is 9.59 Å². The molecule has 0 fully saturated rings. The zero-order valence-corrected chi connectivity index (χ0v) is 8.92. The summed E-state index contributed by atoms with van der Waals surface area (Å²) in [6.07, 6.45) is 3.34. The molecule has 0 saturated heterocycles. The summed E-state index contributed by atoms with van der Waals surface area (Å²) in [5.74, 6) is -0.770. The number of ether oxygens (including phenoxy) is 1. The molecule has 0 aliphatic carbocycles. The molecule has 0 spiro atoms. The first-order valence-electron chi connectivity index (χ1n) is 4.50. The van der Waals surface area contributed by atoms with Crippen LogP contribution in [0.3, 0.4) is 0 Å². The highest BCUT2D eigenvalue weighted by molar-refractivity contribution is 5.67. The summed E-state index contributed by atoms with van der Waals surface area (Å²) in [6, 6.07) is 3.67. The number of aryl methyl sites for hydroxylation is 1. The number of carboxylic acid groups (broad SMARTS) is 1. The van der Waals surface area contributed by atoms with Gasteiger partial charge in [0.25, 0.3) is 0 Å². The number of nitrogens with zero attached hydrogens (tertiary/aromatic N) is 1. The average molecular weight is 226 g/mol. The molecule has 1 rings (SSSR count). The number of aliphatic carboxylic acids is 1. The lowest BCUT2D eigenvalue weighted by Crippen LogP contribution is -2.08. The molecule has 1 heterocycles. The molecule has 0 unspecified atom stereocenters. The molecule has 1 aromatic rings. The molecule has 1 aromatic heterocycles. The first kappa shape index (κ1) is 13.9. The third kappa shape index (κ3) is 8.49. The van der Waals surface area contributed by atoms with E-state index in [2.05, 4.69) is 15.5 Å². The molecule has 0 aliphatic heterocycles. The van der Waals surface area contributed by atoms with Crippen LogP contribution in [0.15, 0.2) is 24.5 Å². The first-order chi connectivity index (χ1) is 7.56. The van der Waals surface area contributed by atoms with Crippen molar-refractivity contribution in [2.75, 3.05) is 7.11 Å². The second-order valence-corrected chi connectivity index (χ2v) is 2.78. The van der Waals surface area contributed by atoms with E-state index < -0.39 is 12.1 Å². The Labute approximate surface area is 93.1 Å². The number of nitrogens with two attached hydrogens (primary N) is 1. The molecule has 0 saturated carbocycles. The fourth-order valence-electron chi connectivity index (χ4n) is 0.797. The van der Waals surface area contributed by atoms with Crippen LogP contribution in [0, 0.1) is 0 Å². The topological polar surface area (TPSA) is 103 Å². The number of carbonyl (C=O) groups is 2. The summed E-state index contributed by atoms with van der Waals surface area (Å²) in [5, 5.41) is 8.35. The molecule has 0 radical (unpaired) electrons.